The van der Waals surface area contributed by atoms with Crippen molar-refractivity contribution in [1.29, 1.82) is 0 Å². The molecule has 2 rings (SSSR count). The van der Waals surface area contributed by atoms with Gasteiger partial charge in [0.25, 0.3) is 0 Å². The van der Waals surface area contributed by atoms with E-state index in [1.165, 1.54) is 58.0 Å². The van der Waals surface area contributed by atoms with Gasteiger partial charge in [-0.15, -0.1) is 0 Å². The molecule has 16 heavy (non-hydrogen) atoms. The van der Waals surface area contributed by atoms with E-state index in [1.807, 2.05) is 0 Å². The van der Waals surface area contributed by atoms with Crippen molar-refractivity contribution < 1.29 is 0 Å². The lowest BCUT2D eigenvalue weighted by molar-refractivity contribution is 0.157. The molecular formula is C14H28N2. The van der Waals surface area contributed by atoms with Crippen molar-refractivity contribution in [3.8, 4) is 0 Å². The van der Waals surface area contributed by atoms with E-state index in [4.69, 9.17) is 0 Å². The SMILES string of the molecule is CC1CCCC(NCCN(C)C2CCC2)C1. The third-order valence-electron chi connectivity index (χ3n) is 4.53. The van der Waals surface area contributed by atoms with Crippen LogP contribution in [-0.2, 0) is 0 Å². The van der Waals surface area contributed by atoms with Gasteiger partial charge in [0, 0.05) is 25.2 Å². The highest BCUT2D eigenvalue weighted by molar-refractivity contribution is 4.80. The highest BCUT2D eigenvalue weighted by atomic mass is 15.1. The Morgan fingerprint density at radius 2 is 1.88 bits per heavy atom. The zero-order valence-corrected chi connectivity index (χ0v) is 11.0. The van der Waals surface area contributed by atoms with Crippen molar-refractivity contribution in [3.63, 3.8) is 0 Å². The van der Waals surface area contributed by atoms with Crippen LogP contribution < -0.4 is 5.32 Å². The van der Waals surface area contributed by atoms with Gasteiger partial charge in [0.15, 0.2) is 0 Å². The first-order valence-electron chi connectivity index (χ1n) is 7.19. The molecule has 0 amide bonds. The van der Waals surface area contributed by atoms with E-state index in [-0.39, 0.29) is 0 Å². The van der Waals surface area contributed by atoms with E-state index in [9.17, 15) is 0 Å². The van der Waals surface area contributed by atoms with Gasteiger partial charge in [-0.05, 0) is 38.6 Å². The summed E-state index contributed by atoms with van der Waals surface area (Å²) < 4.78 is 0. The molecule has 2 nitrogen and oxygen atoms in total. The Balaban J connectivity index is 1.56. The Morgan fingerprint density at radius 3 is 2.50 bits per heavy atom. The van der Waals surface area contributed by atoms with E-state index >= 15 is 0 Å². The number of hydrogen-bond acceptors (Lipinski definition) is 2. The minimum Gasteiger partial charge on any atom is -0.313 e. The molecule has 2 heteroatoms. The average Bonchev–Trinajstić information content (AvgIpc) is 2.15. The van der Waals surface area contributed by atoms with Gasteiger partial charge in [-0.2, -0.15) is 0 Å². The third-order valence-corrected chi connectivity index (χ3v) is 4.53. The molecule has 0 bridgehead atoms. The van der Waals surface area contributed by atoms with E-state index in [2.05, 4.69) is 24.2 Å². The summed E-state index contributed by atoms with van der Waals surface area (Å²) in [6.45, 7) is 4.81. The van der Waals surface area contributed by atoms with E-state index < -0.39 is 0 Å². The number of hydrogen-bond donors (Lipinski definition) is 1. The highest BCUT2D eigenvalue weighted by Crippen LogP contribution is 2.24. The molecule has 0 aliphatic heterocycles. The Bertz CT molecular complexity index is 201. The van der Waals surface area contributed by atoms with Crippen LogP contribution in [0, 0.1) is 5.92 Å². The van der Waals surface area contributed by atoms with Crippen LogP contribution in [0.1, 0.15) is 51.9 Å². The van der Waals surface area contributed by atoms with Crippen LogP contribution in [0.3, 0.4) is 0 Å². The molecule has 0 heterocycles. The summed E-state index contributed by atoms with van der Waals surface area (Å²) >= 11 is 0. The van der Waals surface area contributed by atoms with Gasteiger partial charge in [-0.1, -0.05) is 26.2 Å². The topological polar surface area (TPSA) is 15.3 Å². The average molecular weight is 224 g/mol. The second kappa shape index (κ2) is 6.02. The van der Waals surface area contributed by atoms with Gasteiger partial charge in [0.05, 0.1) is 0 Å². The zero-order valence-electron chi connectivity index (χ0n) is 11.0. The van der Waals surface area contributed by atoms with Crippen LogP contribution in [0.4, 0.5) is 0 Å². The van der Waals surface area contributed by atoms with Crippen molar-refractivity contribution in [1.82, 2.24) is 10.2 Å². The first kappa shape index (κ1) is 12.4. The van der Waals surface area contributed by atoms with Gasteiger partial charge < -0.3 is 10.2 Å². The number of nitrogens with zero attached hydrogens (tertiary/aromatic N) is 1. The van der Waals surface area contributed by atoms with Crippen LogP contribution in [0.15, 0.2) is 0 Å². The largest absolute Gasteiger partial charge is 0.313 e. The van der Waals surface area contributed by atoms with Crippen LogP contribution in [0.5, 0.6) is 0 Å². The molecule has 2 aliphatic rings. The molecule has 2 atom stereocenters. The lowest BCUT2D eigenvalue weighted by Gasteiger charge is -2.35. The third kappa shape index (κ3) is 3.46. The molecule has 0 aromatic carbocycles. The monoisotopic (exact) mass is 224 g/mol. The summed E-state index contributed by atoms with van der Waals surface area (Å²) in [5.74, 6) is 0.940. The highest BCUT2D eigenvalue weighted by Gasteiger charge is 2.22. The molecule has 94 valence electrons. The maximum Gasteiger partial charge on any atom is 0.0107 e. The van der Waals surface area contributed by atoms with Gasteiger partial charge in [-0.3, -0.25) is 0 Å². The lowest BCUT2D eigenvalue weighted by atomic mass is 9.87. The predicted molar refractivity (Wildman–Crippen MR) is 69.7 cm³/mol. The van der Waals surface area contributed by atoms with Gasteiger partial charge in [-0.25, -0.2) is 0 Å². The van der Waals surface area contributed by atoms with E-state index in [1.54, 1.807) is 0 Å². The Kier molecular flexibility index (Phi) is 4.66. The first-order valence-corrected chi connectivity index (χ1v) is 7.19. The molecule has 0 aromatic heterocycles. The molecule has 2 unspecified atom stereocenters. The molecule has 1 N–H and O–H groups in total. The molecule has 2 saturated carbocycles. The van der Waals surface area contributed by atoms with Crippen molar-refractivity contribution in [2.24, 2.45) is 5.92 Å². The summed E-state index contributed by atoms with van der Waals surface area (Å²) in [6, 6.07) is 1.70. The fourth-order valence-corrected chi connectivity index (χ4v) is 3.07. The Morgan fingerprint density at radius 1 is 1.12 bits per heavy atom. The summed E-state index contributed by atoms with van der Waals surface area (Å²) in [4.78, 5) is 2.54. The van der Waals surface area contributed by atoms with E-state index in [0.29, 0.717) is 0 Å². The molecule has 2 aliphatic carbocycles. The van der Waals surface area contributed by atoms with Crippen molar-refractivity contribution >= 4 is 0 Å². The van der Waals surface area contributed by atoms with Gasteiger partial charge in [0.1, 0.15) is 0 Å². The van der Waals surface area contributed by atoms with Gasteiger partial charge >= 0.3 is 0 Å². The molecule has 0 spiro atoms. The summed E-state index contributed by atoms with van der Waals surface area (Å²) in [6.07, 6.45) is 9.97. The summed E-state index contributed by atoms with van der Waals surface area (Å²) in [5.41, 5.74) is 0. The maximum absolute atomic E-state index is 3.74. The number of likely N-dealkylation sites (N-methyl/N-ethyl adjacent to an activating group) is 1. The fourth-order valence-electron chi connectivity index (χ4n) is 3.07. The zero-order chi connectivity index (χ0) is 11.4. The van der Waals surface area contributed by atoms with Crippen LogP contribution in [-0.4, -0.2) is 37.1 Å². The fraction of sp³-hybridized carbons (Fsp3) is 1.00. The van der Waals surface area contributed by atoms with E-state index in [0.717, 1.165) is 18.0 Å². The van der Waals surface area contributed by atoms with Gasteiger partial charge in [0.2, 0.25) is 0 Å². The van der Waals surface area contributed by atoms with Crippen molar-refractivity contribution in [2.75, 3.05) is 20.1 Å². The number of rotatable bonds is 5. The smallest absolute Gasteiger partial charge is 0.0107 e. The summed E-state index contributed by atoms with van der Waals surface area (Å²) in [5, 5.41) is 3.74. The second-order valence-electron chi connectivity index (χ2n) is 5.99. The first-order chi connectivity index (χ1) is 7.75. The molecule has 0 saturated heterocycles. The number of nitrogens with one attached hydrogen (secondary N) is 1. The maximum atomic E-state index is 3.74. The quantitative estimate of drug-likeness (QED) is 0.772. The Labute approximate surface area is 101 Å². The lowest BCUT2D eigenvalue weighted by Crippen LogP contribution is -2.43. The predicted octanol–water partition coefficient (Wildman–Crippen LogP) is 2.64. The normalized spacial score (nSPS) is 31.7. The molecular weight excluding hydrogens is 196 g/mol. The molecule has 0 aromatic rings. The van der Waals surface area contributed by atoms with Crippen molar-refractivity contribution in [3.05, 3.63) is 0 Å². The minimum absolute atomic E-state index is 0.804. The van der Waals surface area contributed by atoms with Crippen LogP contribution >= 0.6 is 0 Å². The van der Waals surface area contributed by atoms with Crippen LogP contribution in [0.25, 0.3) is 0 Å². The standard InChI is InChI=1S/C14H28N2/c1-12-5-3-6-13(11-12)15-9-10-16(2)14-7-4-8-14/h12-15H,3-11H2,1-2H3. The van der Waals surface area contributed by atoms with Crippen molar-refractivity contribution in [2.45, 2.75) is 64.0 Å². The Hall–Kier alpha value is -0.0800. The minimum atomic E-state index is 0.804. The van der Waals surface area contributed by atoms with Crippen LogP contribution in [0.2, 0.25) is 0 Å². The summed E-state index contributed by atoms with van der Waals surface area (Å²) in [7, 11) is 2.29. The second-order valence-corrected chi connectivity index (χ2v) is 5.99. The molecule has 2 fully saturated rings. The molecule has 0 radical (unpaired) electrons.